The minimum absolute atomic E-state index is 0.212. The van der Waals surface area contributed by atoms with Gasteiger partial charge in [-0.3, -0.25) is 14.6 Å². The van der Waals surface area contributed by atoms with E-state index in [1.807, 2.05) is 77.1 Å². The molecule has 6 heteroatoms. The molecule has 2 heterocycles. The Hall–Kier alpha value is -3.15. The Kier molecular flexibility index (Phi) is 5.70. The highest BCUT2D eigenvalue weighted by Crippen LogP contribution is 2.41. The number of hydrogen-bond donors (Lipinski definition) is 1. The van der Waals surface area contributed by atoms with Crippen molar-refractivity contribution in [3.05, 3.63) is 71.1 Å². The molecule has 0 aliphatic carbocycles. The molecule has 30 heavy (non-hydrogen) atoms. The summed E-state index contributed by atoms with van der Waals surface area (Å²) in [7, 11) is 1.61. The summed E-state index contributed by atoms with van der Waals surface area (Å²) in [5.41, 5.74) is 1.10. The highest BCUT2D eigenvalue weighted by molar-refractivity contribution is 6.03. The molecule has 0 saturated carbocycles. The van der Waals surface area contributed by atoms with Crippen LogP contribution in [0.2, 0.25) is 0 Å². The van der Waals surface area contributed by atoms with Crippen LogP contribution in [0, 0.1) is 6.92 Å². The highest BCUT2D eigenvalue weighted by Gasteiger charge is 2.54. The largest absolute Gasteiger partial charge is 0.497 e. The van der Waals surface area contributed by atoms with E-state index in [1.54, 1.807) is 12.0 Å². The first-order valence-electron chi connectivity index (χ1n) is 9.98. The standard InChI is InChI=1S/C24H29N3O3/c1-16-14-21(28)27(15-18-10-12-19(30-6)13-11-18)24(16,22(29)26-23(3,4)5)20-9-7-8-17(2)25-20/h7-14H,15H2,1-6H3,(H,26,29). The van der Waals surface area contributed by atoms with Crippen LogP contribution in [-0.4, -0.2) is 34.3 Å². The van der Waals surface area contributed by atoms with Gasteiger partial charge < -0.3 is 15.0 Å². The molecule has 2 amide bonds. The normalized spacial score (nSPS) is 18.9. The van der Waals surface area contributed by atoms with E-state index >= 15 is 0 Å². The van der Waals surface area contributed by atoms with Gasteiger partial charge in [-0.1, -0.05) is 18.2 Å². The van der Waals surface area contributed by atoms with Crippen LogP contribution in [0.3, 0.4) is 0 Å². The van der Waals surface area contributed by atoms with Crippen molar-refractivity contribution < 1.29 is 14.3 Å². The van der Waals surface area contributed by atoms with Crippen molar-refractivity contribution in [2.45, 2.75) is 52.2 Å². The minimum atomic E-state index is -1.31. The second-order valence-electron chi connectivity index (χ2n) is 8.68. The number of aromatic nitrogens is 1. The van der Waals surface area contributed by atoms with Gasteiger partial charge in [0, 0.05) is 23.9 Å². The molecule has 1 atom stereocenters. The second-order valence-corrected chi connectivity index (χ2v) is 8.68. The first-order valence-corrected chi connectivity index (χ1v) is 9.98. The van der Waals surface area contributed by atoms with E-state index in [1.165, 1.54) is 6.08 Å². The van der Waals surface area contributed by atoms with E-state index in [-0.39, 0.29) is 18.4 Å². The molecule has 2 aromatic rings. The number of hydrogen-bond acceptors (Lipinski definition) is 4. The van der Waals surface area contributed by atoms with Crippen molar-refractivity contribution in [1.82, 2.24) is 15.2 Å². The molecule has 1 aliphatic rings. The van der Waals surface area contributed by atoms with Crippen LogP contribution in [0.1, 0.15) is 44.6 Å². The zero-order valence-electron chi connectivity index (χ0n) is 18.4. The lowest BCUT2D eigenvalue weighted by molar-refractivity contribution is -0.142. The Balaban J connectivity index is 2.14. The van der Waals surface area contributed by atoms with E-state index in [0.29, 0.717) is 11.3 Å². The molecule has 1 unspecified atom stereocenters. The summed E-state index contributed by atoms with van der Waals surface area (Å²) in [5, 5.41) is 3.07. The third-order valence-electron chi connectivity index (χ3n) is 5.16. The fourth-order valence-corrected chi connectivity index (χ4v) is 3.79. The summed E-state index contributed by atoms with van der Waals surface area (Å²) >= 11 is 0. The topological polar surface area (TPSA) is 71.5 Å². The van der Waals surface area contributed by atoms with Gasteiger partial charge in [0.25, 0.3) is 5.91 Å². The van der Waals surface area contributed by atoms with E-state index < -0.39 is 11.1 Å². The predicted octanol–water partition coefficient (Wildman–Crippen LogP) is 3.50. The molecule has 0 fully saturated rings. The number of pyridine rings is 1. The van der Waals surface area contributed by atoms with Crippen molar-refractivity contribution in [2.75, 3.05) is 7.11 Å². The van der Waals surface area contributed by atoms with Gasteiger partial charge >= 0.3 is 0 Å². The molecule has 6 nitrogen and oxygen atoms in total. The van der Waals surface area contributed by atoms with Crippen LogP contribution in [0.5, 0.6) is 5.75 Å². The molecule has 0 spiro atoms. The third kappa shape index (κ3) is 3.95. The first-order chi connectivity index (χ1) is 14.1. The summed E-state index contributed by atoms with van der Waals surface area (Å²) in [6.07, 6.45) is 1.54. The number of nitrogens with one attached hydrogen (secondary N) is 1. The molecule has 158 valence electrons. The summed E-state index contributed by atoms with van der Waals surface area (Å²) < 4.78 is 5.23. The summed E-state index contributed by atoms with van der Waals surface area (Å²) in [5.74, 6) is 0.259. The van der Waals surface area contributed by atoms with Crippen LogP contribution in [0.15, 0.2) is 54.1 Å². The zero-order valence-corrected chi connectivity index (χ0v) is 18.4. The van der Waals surface area contributed by atoms with Crippen molar-refractivity contribution >= 4 is 11.8 Å². The average molecular weight is 408 g/mol. The number of aryl methyl sites for hydroxylation is 1. The van der Waals surface area contributed by atoms with Gasteiger partial charge in [0.2, 0.25) is 5.91 Å². The average Bonchev–Trinajstić information content (AvgIpc) is 2.91. The molecule has 1 aromatic carbocycles. The molecule has 0 radical (unpaired) electrons. The minimum Gasteiger partial charge on any atom is -0.497 e. The van der Waals surface area contributed by atoms with Gasteiger partial charge in [0.15, 0.2) is 5.54 Å². The predicted molar refractivity (Wildman–Crippen MR) is 116 cm³/mol. The van der Waals surface area contributed by atoms with Gasteiger partial charge in [-0.2, -0.15) is 0 Å². The van der Waals surface area contributed by atoms with E-state index in [4.69, 9.17) is 4.74 Å². The monoisotopic (exact) mass is 407 g/mol. The van der Waals surface area contributed by atoms with Crippen LogP contribution in [0.25, 0.3) is 0 Å². The zero-order chi connectivity index (χ0) is 22.1. The second kappa shape index (κ2) is 7.94. The van der Waals surface area contributed by atoms with Crippen molar-refractivity contribution in [2.24, 2.45) is 0 Å². The Labute approximate surface area is 178 Å². The van der Waals surface area contributed by atoms with Crippen LogP contribution >= 0.6 is 0 Å². The summed E-state index contributed by atoms with van der Waals surface area (Å²) in [6, 6.07) is 13.0. The molecular formula is C24H29N3O3. The number of methoxy groups -OCH3 is 1. The lowest BCUT2D eigenvalue weighted by Gasteiger charge is -2.40. The van der Waals surface area contributed by atoms with E-state index in [2.05, 4.69) is 10.3 Å². The Morgan fingerprint density at radius 2 is 1.80 bits per heavy atom. The molecule has 1 N–H and O–H groups in total. The number of nitrogens with zero attached hydrogens (tertiary/aromatic N) is 2. The smallest absolute Gasteiger partial charge is 0.257 e. The SMILES string of the molecule is COc1ccc(CN2C(=O)C=C(C)C2(C(=O)NC(C)(C)C)c2cccc(C)n2)cc1. The third-order valence-corrected chi connectivity index (χ3v) is 5.16. The fourth-order valence-electron chi connectivity index (χ4n) is 3.79. The highest BCUT2D eigenvalue weighted by atomic mass is 16.5. The van der Waals surface area contributed by atoms with Crippen LogP contribution in [-0.2, 0) is 21.7 Å². The number of rotatable bonds is 5. The molecule has 0 saturated heterocycles. The lowest BCUT2D eigenvalue weighted by Crippen LogP contribution is -2.59. The van der Waals surface area contributed by atoms with Gasteiger partial charge in [-0.25, -0.2) is 0 Å². The summed E-state index contributed by atoms with van der Waals surface area (Å²) in [4.78, 5) is 33.1. The molecule has 3 rings (SSSR count). The van der Waals surface area contributed by atoms with Gasteiger partial charge in [0.1, 0.15) is 5.75 Å². The number of amides is 2. The van der Waals surface area contributed by atoms with Gasteiger partial charge in [-0.05, 0) is 70.0 Å². The number of ether oxygens (including phenoxy) is 1. The molecule has 0 bridgehead atoms. The van der Waals surface area contributed by atoms with Crippen molar-refractivity contribution in [1.29, 1.82) is 0 Å². The number of carbonyl (C=O) groups excluding carboxylic acids is 2. The first kappa shape index (κ1) is 21.6. The van der Waals surface area contributed by atoms with E-state index in [9.17, 15) is 9.59 Å². The Morgan fingerprint density at radius 1 is 1.13 bits per heavy atom. The Morgan fingerprint density at radius 3 is 2.37 bits per heavy atom. The quantitative estimate of drug-likeness (QED) is 0.824. The van der Waals surface area contributed by atoms with Gasteiger partial charge in [0.05, 0.1) is 12.8 Å². The summed E-state index contributed by atoms with van der Waals surface area (Å²) in [6.45, 7) is 9.73. The number of benzene rings is 1. The molecule has 1 aromatic heterocycles. The van der Waals surface area contributed by atoms with Gasteiger partial charge in [-0.15, -0.1) is 0 Å². The lowest BCUT2D eigenvalue weighted by atomic mass is 9.84. The van der Waals surface area contributed by atoms with E-state index in [0.717, 1.165) is 17.0 Å². The Bertz CT molecular complexity index is 990. The van der Waals surface area contributed by atoms with Crippen LogP contribution < -0.4 is 10.1 Å². The van der Waals surface area contributed by atoms with Crippen molar-refractivity contribution in [3.63, 3.8) is 0 Å². The number of carbonyl (C=O) groups is 2. The molecular weight excluding hydrogens is 378 g/mol. The van der Waals surface area contributed by atoms with Crippen molar-refractivity contribution in [3.8, 4) is 5.75 Å². The maximum atomic E-state index is 13.7. The molecule has 1 aliphatic heterocycles. The maximum absolute atomic E-state index is 13.7. The maximum Gasteiger partial charge on any atom is 0.257 e. The van der Waals surface area contributed by atoms with Crippen LogP contribution in [0.4, 0.5) is 0 Å². The fraction of sp³-hybridized carbons (Fsp3) is 0.375.